The number of imidazole rings is 1. The third-order valence-electron chi connectivity index (χ3n) is 2.36. The maximum Gasteiger partial charge on any atom is 0.356 e. The number of carbonyl (C=O) groups is 1. The SMILES string of the molecule is CN(C)Cc1c(C(=O)O)nc2cc(Br)ccn12. The fourth-order valence-corrected chi connectivity index (χ4v) is 2.02. The molecule has 0 fully saturated rings. The molecule has 0 aliphatic carbocycles. The number of carboxylic acids is 1. The predicted molar refractivity (Wildman–Crippen MR) is 67.2 cm³/mol. The lowest BCUT2D eigenvalue weighted by Crippen LogP contribution is -2.15. The first-order valence-corrected chi connectivity index (χ1v) is 5.83. The molecule has 0 bridgehead atoms. The van der Waals surface area contributed by atoms with E-state index in [1.807, 2.05) is 31.3 Å². The second-order valence-corrected chi connectivity index (χ2v) is 4.94. The number of aromatic carboxylic acids is 1. The molecule has 2 heterocycles. The smallest absolute Gasteiger partial charge is 0.356 e. The molecule has 0 unspecified atom stereocenters. The van der Waals surface area contributed by atoms with E-state index in [1.54, 1.807) is 10.5 Å². The van der Waals surface area contributed by atoms with Gasteiger partial charge in [0.15, 0.2) is 5.69 Å². The van der Waals surface area contributed by atoms with Crippen molar-refractivity contribution in [1.82, 2.24) is 14.3 Å². The Morgan fingerprint density at radius 1 is 1.59 bits per heavy atom. The lowest BCUT2D eigenvalue weighted by Gasteiger charge is -2.09. The number of hydrogen-bond donors (Lipinski definition) is 1. The molecule has 0 radical (unpaired) electrons. The maximum absolute atomic E-state index is 11.2. The molecule has 2 aromatic heterocycles. The molecule has 5 nitrogen and oxygen atoms in total. The van der Waals surface area contributed by atoms with Gasteiger partial charge >= 0.3 is 5.97 Å². The number of aromatic nitrogens is 2. The van der Waals surface area contributed by atoms with Crippen molar-refractivity contribution in [3.63, 3.8) is 0 Å². The van der Waals surface area contributed by atoms with Gasteiger partial charge in [-0.3, -0.25) is 0 Å². The molecule has 0 aliphatic rings. The van der Waals surface area contributed by atoms with E-state index in [-0.39, 0.29) is 5.69 Å². The summed E-state index contributed by atoms with van der Waals surface area (Å²) < 4.78 is 2.68. The van der Waals surface area contributed by atoms with Crippen LogP contribution in [0.15, 0.2) is 22.8 Å². The number of nitrogens with zero attached hydrogens (tertiary/aromatic N) is 3. The van der Waals surface area contributed by atoms with E-state index in [4.69, 9.17) is 5.11 Å². The minimum Gasteiger partial charge on any atom is -0.476 e. The van der Waals surface area contributed by atoms with E-state index < -0.39 is 5.97 Å². The average Bonchev–Trinajstić information content (AvgIpc) is 2.55. The van der Waals surface area contributed by atoms with Crippen LogP contribution >= 0.6 is 15.9 Å². The largest absolute Gasteiger partial charge is 0.476 e. The number of pyridine rings is 1. The summed E-state index contributed by atoms with van der Waals surface area (Å²) in [4.78, 5) is 17.2. The first-order chi connectivity index (χ1) is 7.99. The van der Waals surface area contributed by atoms with Gasteiger partial charge in [-0.1, -0.05) is 15.9 Å². The van der Waals surface area contributed by atoms with Crippen LogP contribution in [0.5, 0.6) is 0 Å². The molecule has 0 aliphatic heterocycles. The van der Waals surface area contributed by atoms with Crippen LogP contribution in [0, 0.1) is 0 Å². The third kappa shape index (κ3) is 2.32. The van der Waals surface area contributed by atoms with Crippen molar-refractivity contribution >= 4 is 27.5 Å². The van der Waals surface area contributed by atoms with Crippen molar-refractivity contribution in [2.24, 2.45) is 0 Å². The Morgan fingerprint density at radius 2 is 2.29 bits per heavy atom. The van der Waals surface area contributed by atoms with E-state index in [0.29, 0.717) is 17.9 Å². The first-order valence-electron chi connectivity index (χ1n) is 5.03. The van der Waals surface area contributed by atoms with Gasteiger partial charge in [0.2, 0.25) is 0 Å². The molecule has 2 rings (SSSR count). The summed E-state index contributed by atoms with van der Waals surface area (Å²) in [6.45, 7) is 0.532. The summed E-state index contributed by atoms with van der Waals surface area (Å²) in [5.41, 5.74) is 1.43. The summed E-state index contributed by atoms with van der Waals surface area (Å²) in [6, 6.07) is 3.66. The highest BCUT2D eigenvalue weighted by molar-refractivity contribution is 9.10. The van der Waals surface area contributed by atoms with Gasteiger partial charge in [0.05, 0.1) is 5.69 Å². The lowest BCUT2D eigenvalue weighted by molar-refractivity contribution is 0.0689. The zero-order valence-corrected chi connectivity index (χ0v) is 11.1. The molecule has 1 N–H and O–H groups in total. The number of carboxylic acid groups (broad SMARTS) is 1. The highest BCUT2D eigenvalue weighted by Gasteiger charge is 2.18. The topological polar surface area (TPSA) is 57.8 Å². The zero-order chi connectivity index (χ0) is 12.6. The summed E-state index contributed by atoms with van der Waals surface area (Å²) in [6.07, 6.45) is 1.82. The van der Waals surface area contributed by atoms with Crippen LogP contribution in [0.1, 0.15) is 16.2 Å². The zero-order valence-electron chi connectivity index (χ0n) is 9.51. The molecule has 90 valence electrons. The van der Waals surface area contributed by atoms with Crippen molar-refractivity contribution in [3.8, 4) is 0 Å². The van der Waals surface area contributed by atoms with E-state index in [0.717, 1.165) is 4.47 Å². The van der Waals surface area contributed by atoms with Crippen molar-refractivity contribution < 1.29 is 9.90 Å². The van der Waals surface area contributed by atoms with Crippen LogP contribution in [-0.2, 0) is 6.54 Å². The first kappa shape index (κ1) is 12.1. The van der Waals surface area contributed by atoms with Crippen molar-refractivity contribution in [1.29, 1.82) is 0 Å². The lowest BCUT2D eigenvalue weighted by atomic mass is 10.3. The monoisotopic (exact) mass is 297 g/mol. The highest BCUT2D eigenvalue weighted by atomic mass is 79.9. The molecule has 0 atom stereocenters. The minimum atomic E-state index is -0.998. The van der Waals surface area contributed by atoms with Gasteiger partial charge in [-0.2, -0.15) is 0 Å². The van der Waals surface area contributed by atoms with Crippen LogP contribution in [0.2, 0.25) is 0 Å². The molecule has 0 saturated heterocycles. The van der Waals surface area contributed by atoms with Crippen molar-refractivity contribution in [2.75, 3.05) is 14.1 Å². The Morgan fingerprint density at radius 3 is 2.88 bits per heavy atom. The van der Waals surface area contributed by atoms with Crippen LogP contribution in [0.4, 0.5) is 0 Å². The van der Waals surface area contributed by atoms with Crippen molar-refractivity contribution in [2.45, 2.75) is 6.54 Å². The van der Waals surface area contributed by atoms with Crippen LogP contribution < -0.4 is 0 Å². The second kappa shape index (κ2) is 4.46. The Labute approximate surface area is 107 Å². The summed E-state index contributed by atoms with van der Waals surface area (Å²) in [7, 11) is 3.79. The molecule has 0 aromatic carbocycles. The number of rotatable bonds is 3. The summed E-state index contributed by atoms with van der Waals surface area (Å²) in [5.74, 6) is -0.998. The Hall–Kier alpha value is -1.40. The molecule has 2 aromatic rings. The Kier molecular flexibility index (Phi) is 3.17. The van der Waals surface area contributed by atoms with Gasteiger partial charge in [0, 0.05) is 17.2 Å². The molecule has 0 amide bonds. The van der Waals surface area contributed by atoms with Gasteiger partial charge in [0.25, 0.3) is 0 Å². The molecule has 17 heavy (non-hydrogen) atoms. The average molecular weight is 298 g/mol. The van der Waals surface area contributed by atoms with E-state index in [1.165, 1.54) is 0 Å². The molecule has 0 spiro atoms. The molecular weight excluding hydrogens is 286 g/mol. The van der Waals surface area contributed by atoms with E-state index in [2.05, 4.69) is 20.9 Å². The maximum atomic E-state index is 11.2. The number of hydrogen-bond acceptors (Lipinski definition) is 3. The molecule has 0 saturated carbocycles. The fraction of sp³-hybridized carbons (Fsp3) is 0.273. The van der Waals surface area contributed by atoms with E-state index >= 15 is 0 Å². The van der Waals surface area contributed by atoms with Crippen LogP contribution in [-0.4, -0.2) is 39.5 Å². The van der Waals surface area contributed by atoms with Gasteiger partial charge in [0.1, 0.15) is 5.65 Å². The summed E-state index contributed by atoms with van der Waals surface area (Å²) in [5, 5.41) is 9.14. The molecule has 6 heteroatoms. The minimum absolute atomic E-state index is 0.108. The number of fused-ring (bicyclic) bond motifs is 1. The Balaban J connectivity index is 2.66. The number of halogens is 1. The second-order valence-electron chi connectivity index (χ2n) is 4.02. The quantitative estimate of drug-likeness (QED) is 0.939. The Bertz CT molecular complexity index is 577. The van der Waals surface area contributed by atoms with Crippen LogP contribution in [0.3, 0.4) is 0 Å². The van der Waals surface area contributed by atoms with Gasteiger partial charge in [-0.25, -0.2) is 9.78 Å². The standard InChI is InChI=1S/C11H12BrN3O2/c1-14(2)6-8-10(11(16)17)13-9-5-7(12)3-4-15(8)9/h3-5H,6H2,1-2H3,(H,16,17). The third-order valence-corrected chi connectivity index (χ3v) is 2.85. The molecular formula is C11H12BrN3O2. The normalized spacial score (nSPS) is 11.3. The van der Waals surface area contributed by atoms with E-state index in [9.17, 15) is 4.79 Å². The van der Waals surface area contributed by atoms with Gasteiger partial charge in [-0.05, 0) is 26.2 Å². The fourth-order valence-electron chi connectivity index (χ4n) is 1.69. The van der Waals surface area contributed by atoms with Crippen LogP contribution in [0.25, 0.3) is 5.65 Å². The van der Waals surface area contributed by atoms with Gasteiger partial charge < -0.3 is 14.4 Å². The summed E-state index contributed by atoms with van der Waals surface area (Å²) >= 11 is 3.34. The van der Waals surface area contributed by atoms with Crippen molar-refractivity contribution in [3.05, 3.63) is 34.2 Å². The van der Waals surface area contributed by atoms with Gasteiger partial charge in [-0.15, -0.1) is 0 Å². The highest BCUT2D eigenvalue weighted by Crippen LogP contribution is 2.18. The predicted octanol–water partition coefficient (Wildman–Crippen LogP) is 1.86.